The van der Waals surface area contributed by atoms with Crippen molar-refractivity contribution in [1.82, 2.24) is 10.2 Å². The Hall–Kier alpha value is -1.95. The van der Waals surface area contributed by atoms with Crippen molar-refractivity contribution in [2.75, 3.05) is 13.7 Å². The van der Waals surface area contributed by atoms with Crippen LogP contribution in [0.15, 0.2) is 30.3 Å². The average molecular weight is 360 g/mol. The minimum atomic E-state index is -0.191. The van der Waals surface area contributed by atoms with Gasteiger partial charge in [-0.2, -0.15) is 0 Å². The van der Waals surface area contributed by atoms with E-state index in [4.69, 9.17) is 17.0 Å². The van der Waals surface area contributed by atoms with Crippen molar-refractivity contribution in [3.8, 4) is 0 Å². The molecule has 1 amide bonds. The van der Waals surface area contributed by atoms with E-state index >= 15 is 0 Å². The van der Waals surface area contributed by atoms with Gasteiger partial charge in [0.2, 0.25) is 5.91 Å². The topological polar surface area (TPSA) is 58.6 Å². The summed E-state index contributed by atoms with van der Waals surface area (Å²) in [5, 5.41) is 3.78. The zero-order valence-corrected chi connectivity index (χ0v) is 15.3. The summed E-state index contributed by atoms with van der Waals surface area (Å²) in [6, 6.07) is 10.2. The van der Waals surface area contributed by atoms with Gasteiger partial charge < -0.3 is 10.1 Å². The Labute approximate surface area is 153 Å². The second-order valence-corrected chi connectivity index (χ2v) is 7.16. The number of hydrogen-bond acceptors (Lipinski definition) is 4. The van der Waals surface area contributed by atoms with E-state index in [0.717, 1.165) is 12.8 Å². The van der Waals surface area contributed by atoms with Crippen molar-refractivity contribution >= 4 is 29.2 Å². The normalized spacial score (nSPS) is 26.0. The van der Waals surface area contributed by atoms with Crippen molar-refractivity contribution < 1.29 is 14.3 Å². The number of benzene rings is 1. The van der Waals surface area contributed by atoms with Gasteiger partial charge in [-0.25, -0.2) is 0 Å². The monoisotopic (exact) mass is 360 g/mol. The maximum Gasteiger partial charge on any atom is 0.308 e. The quantitative estimate of drug-likeness (QED) is 0.645. The molecule has 0 aromatic heterocycles. The number of esters is 1. The van der Waals surface area contributed by atoms with Gasteiger partial charge in [-0.3, -0.25) is 14.5 Å². The van der Waals surface area contributed by atoms with E-state index in [1.165, 1.54) is 12.7 Å². The minimum absolute atomic E-state index is 0.0526. The third kappa shape index (κ3) is 4.00. The van der Waals surface area contributed by atoms with Crippen LogP contribution in [-0.4, -0.2) is 41.6 Å². The van der Waals surface area contributed by atoms with Crippen LogP contribution in [0.4, 0.5) is 0 Å². The summed E-state index contributed by atoms with van der Waals surface area (Å²) in [5.74, 6) is -0.322. The first kappa shape index (κ1) is 17.9. The molecule has 0 bridgehead atoms. The number of thiocarbonyl (C=S) groups is 1. The molecule has 6 heteroatoms. The van der Waals surface area contributed by atoms with Crippen LogP contribution in [0.5, 0.6) is 0 Å². The van der Waals surface area contributed by atoms with Gasteiger partial charge in [0, 0.05) is 12.6 Å². The van der Waals surface area contributed by atoms with Gasteiger partial charge in [0.1, 0.15) is 0 Å². The number of methoxy groups -OCH3 is 1. The zero-order valence-electron chi connectivity index (χ0n) is 14.4. The van der Waals surface area contributed by atoms with Crippen LogP contribution in [0.1, 0.15) is 31.2 Å². The Bertz CT molecular complexity index is 649. The summed E-state index contributed by atoms with van der Waals surface area (Å²) >= 11 is 5.41. The SMILES string of the molecule is COC(=O)C1CCC2C(=O)N(CCCc3ccccc3)C(=S)NC2C1. The van der Waals surface area contributed by atoms with Crippen LogP contribution >= 0.6 is 12.2 Å². The summed E-state index contributed by atoms with van der Waals surface area (Å²) in [7, 11) is 1.41. The first-order chi connectivity index (χ1) is 12.1. The molecule has 2 fully saturated rings. The fourth-order valence-corrected chi connectivity index (χ4v) is 4.17. The Balaban J connectivity index is 1.57. The van der Waals surface area contributed by atoms with Gasteiger partial charge in [-0.15, -0.1) is 0 Å². The zero-order chi connectivity index (χ0) is 17.8. The molecule has 0 spiro atoms. The van der Waals surface area contributed by atoms with E-state index in [0.29, 0.717) is 30.9 Å². The largest absolute Gasteiger partial charge is 0.469 e. The lowest BCUT2D eigenvalue weighted by Crippen LogP contribution is -2.61. The molecule has 3 atom stereocenters. The van der Waals surface area contributed by atoms with E-state index in [9.17, 15) is 9.59 Å². The molecule has 1 aliphatic carbocycles. The van der Waals surface area contributed by atoms with Gasteiger partial charge in [0.15, 0.2) is 5.11 Å². The van der Waals surface area contributed by atoms with Gasteiger partial charge in [-0.1, -0.05) is 30.3 Å². The van der Waals surface area contributed by atoms with E-state index in [-0.39, 0.29) is 29.8 Å². The third-order valence-electron chi connectivity index (χ3n) is 5.21. The first-order valence-corrected chi connectivity index (χ1v) is 9.24. The Morgan fingerprint density at radius 2 is 2.08 bits per heavy atom. The van der Waals surface area contributed by atoms with E-state index < -0.39 is 0 Å². The van der Waals surface area contributed by atoms with Crippen molar-refractivity contribution in [2.24, 2.45) is 11.8 Å². The van der Waals surface area contributed by atoms with E-state index in [1.54, 1.807) is 4.90 Å². The molecular weight excluding hydrogens is 336 g/mol. The molecule has 3 rings (SSSR count). The number of hydrogen-bond donors (Lipinski definition) is 1. The van der Waals surface area contributed by atoms with Crippen molar-refractivity contribution in [1.29, 1.82) is 0 Å². The van der Waals surface area contributed by atoms with Gasteiger partial charge in [-0.05, 0) is 49.9 Å². The summed E-state index contributed by atoms with van der Waals surface area (Å²) in [5.41, 5.74) is 1.27. The van der Waals surface area contributed by atoms with Crippen molar-refractivity contribution in [2.45, 2.75) is 38.1 Å². The molecule has 1 aromatic carbocycles. The molecule has 3 unspecified atom stereocenters. The van der Waals surface area contributed by atoms with Crippen molar-refractivity contribution in [3.05, 3.63) is 35.9 Å². The Morgan fingerprint density at radius 1 is 1.32 bits per heavy atom. The summed E-state index contributed by atoms with van der Waals surface area (Å²) in [4.78, 5) is 26.3. The maximum absolute atomic E-state index is 12.8. The molecule has 1 aliphatic heterocycles. The van der Waals surface area contributed by atoms with E-state index in [2.05, 4.69) is 17.4 Å². The number of aryl methyl sites for hydroxylation is 1. The lowest BCUT2D eigenvalue weighted by atomic mass is 9.76. The number of nitrogens with zero attached hydrogens (tertiary/aromatic N) is 1. The smallest absolute Gasteiger partial charge is 0.308 e. The number of rotatable bonds is 5. The summed E-state index contributed by atoms with van der Waals surface area (Å²) in [6.45, 7) is 0.628. The van der Waals surface area contributed by atoms with Gasteiger partial charge >= 0.3 is 5.97 Å². The second-order valence-electron chi connectivity index (χ2n) is 6.77. The van der Waals surface area contributed by atoms with Crippen LogP contribution in [-0.2, 0) is 20.7 Å². The first-order valence-electron chi connectivity index (χ1n) is 8.83. The molecule has 134 valence electrons. The Kier molecular flexibility index (Phi) is 5.68. The van der Waals surface area contributed by atoms with Crippen molar-refractivity contribution in [3.63, 3.8) is 0 Å². The number of nitrogens with one attached hydrogen (secondary N) is 1. The predicted octanol–water partition coefficient (Wildman–Crippen LogP) is 2.29. The number of carbonyl (C=O) groups is 2. The lowest BCUT2D eigenvalue weighted by Gasteiger charge is -2.43. The second kappa shape index (κ2) is 7.95. The van der Waals surface area contributed by atoms with Crippen LogP contribution in [0.25, 0.3) is 0 Å². The molecule has 0 radical (unpaired) electrons. The molecule has 2 aliphatic rings. The maximum atomic E-state index is 12.8. The molecule has 1 N–H and O–H groups in total. The highest BCUT2D eigenvalue weighted by atomic mass is 32.1. The Morgan fingerprint density at radius 3 is 2.80 bits per heavy atom. The number of carbonyl (C=O) groups excluding carboxylic acids is 2. The fourth-order valence-electron chi connectivity index (χ4n) is 3.84. The van der Waals surface area contributed by atoms with Crippen LogP contribution < -0.4 is 5.32 Å². The fraction of sp³-hybridized carbons (Fsp3) is 0.526. The lowest BCUT2D eigenvalue weighted by molar-refractivity contribution is -0.149. The highest BCUT2D eigenvalue weighted by molar-refractivity contribution is 7.80. The number of ether oxygens (including phenoxy) is 1. The highest BCUT2D eigenvalue weighted by Gasteiger charge is 2.44. The molecule has 1 heterocycles. The summed E-state index contributed by atoms with van der Waals surface area (Å²) < 4.78 is 4.84. The molecular formula is C19H24N2O3S. The molecule has 1 aromatic rings. The molecule has 1 saturated carbocycles. The van der Waals surface area contributed by atoms with E-state index in [1.807, 2.05) is 18.2 Å². The summed E-state index contributed by atoms with van der Waals surface area (Å²) in [6.07, 6.45) is 3.81. The molecule has 5 nitrogen and oxygen atoms in total. The number of amides is 1. The third-order valence-corrected chi connectivity index (χ3v) is 5.55. The molecule has 25 heavy (non-hydrogen) atoms. The van der Waals surface area contributed by atoms with Crippen LogP contribution in [0.3, 0.4) is 0 Å². The predicted molar refractivity (Wildman–Crippen MR) is 98.8 cm³/mol. The molecule has 1 saturated heterocycles. The van der Waals surface area contributed by atoms with Gasteiger partial charge in [0.25, 0.3) is 0 Å². The van der Waals surface area contributed by atoms with Gasteiger partial charge in [0.05, 0.1) is 18.9 Å². The highest BCUT2D eigenvalue weighted by Crippen LogP contribution is 2.33. The average Bonchev–Trinajstić information content (AvgIpc) is 2.64. The number of fused-ring (bicyclic) bond motifs is 1. The standard InChI is InChI=1S/C19H24N2O3S/c1-24-18(23)14-9-10-15-16(12-14)20-19(25)21(17(15)22)11-5-8-13-6-3-2-4-7-13/h2-4,6-7,14-16H,5,8-12H2,1H3,(H,20,25). The van der Waals surface area contributed by atoms with Crippen LogP contribution in [0.2, 0.25) is 0 Å². The minimum Gasteiger partial charge on any atom is -0.469 e. The van der Waals surface area contributed by atoms with Crippen LogP contribution in [0, 0.1) is 11.8 Å².